The van der Waals surface area contributed by atoms with Crippen molar-refractivity contribution in [2.75, 3.05) is 24.6 Å². The number of hydrogen-bond donors (Lipinski definition) is 2. The van der Waals surface area contributed by atoms with E-state index in [1.807, 2.05) is 19.2 Å². The fourth-order valence-corrected chi connectivity index (χ4v) is 3.72. The van der Waals surface area contributed by atoms with Crippen LogP contribution in [0.1, 0.15) is 30.0 Å². The second-order valence-corrected chi connectivity index (χ2v) is 7.27. The molecule has 4 rings (SSSR count). The van der Waals surface area contributed by atoms with E-state index < -0.39 is 11.9 Å². The zero-order valence-electron chi connectivity index (χ0n) is 16.5. The van der Waals surface area contributed by atoms with Crippen LogP contribution in [0.25, 0.3) is 5.65 Å². The van der Waals surface area contributed by atoms with Crippen molar-refractivity contribution in [2.45, 2.75) is 31.9 Å². The summed E-state index contributed by atoms with van der Waals surface area (Å²) in [5, 5.41) is 16.6. The largest absolute Gasteiger partial charge is 0.475 e. The van der Waals surface area contributed by atoms with Crippen molar-refractivity contribution in [3.63, 3.8) is 0 Å². The van der Waals surface area contributed by atoms with Gasteiger partial charge in [-0.1, -0.05) is 0 Å². The van der Waals surface area contributed by atoms with Gasteiger partial charge in [-0.15, -0.1) is 0 Å². The monoisotopic (exact) mass is 414 g/mol. The Morgan fingerprint density at radius 3 is 3.17 bits per heavy atom. The summed E-state index contributed by atoms with van der Waals surface area (Å²) in [6, 6.07) is 3.15. The van der Waals surface area contributed by atoms with Crippen LogP contribution in [-0.4, -0.2) is 56.9 Å². The zero-order chi connectivity index (χ0) is 21.1. The van der Waals surface area contributed by atoms with Crippen LogP contribution < -0.4 is 15.0 Å². The molecule has 0 bridgehead atoms. The smallest absolute Gasteiger partial charge is 0.218 e. The molecule has 9 nitrogen and oxygen atoms in total. The molecule has 0 unspecified atom stereocenters. The molecule has 0 aliphatic carbocycles. The van der Waals surface area contributed by atoms with Gasteiger partial charge in [0.05, 0.1) is 18.4 Å². The number of halogens is 1. The summed E-state index contributed by atoms with van der Waals surface area (Å²) in [6.07, 6.45) is 6.03. The van der Waals surface area contributed by atoms with E-state index in [1.54, 1.807) is 10.7 Å². The van der Waals surface area contributed by atoms with E-state index >= 15 is 0 Å². The van der Waals surface area contributed by atoms with Gasteiger partial charge in [-0.25, -0.2) is 18.9 Å². The second-order valence-electron chi connectivity index (χ2n) is 7.27. The highest BCUT2D eigenvalue weighted by atomic mass is 19.1. The summed E-state index contributed by atoms with van der Waals surface area (Å²) in [4.78, 5) is 21.3. The van der Waals surface area contributed by atoms with Gasteiger partial charge in [0.25, 0.3) is 0 Å². The molecule has 10 heteroatoms. The predicted octanol–water partition coefficient (Wildman–Crippen LogP) is 1.40. The molecule has 4 heterocycles. The number of anilines is 1. The number of nitrogens with one attached hydrogen (secondary N) is 1. The van der Waals surface area contributed by atoms with Gasteiger partial charge < -0.3 is 20.1 Å². The maximum atomic E-state index is 14.1. The quantitative estimate of drug-likeness (QED) is 0.537. The third-order valence-electron chi connectivity index (χ3n) is 5.13. The summed E-state index contributed by atoms with van der Waals surface area (Å²) < 4.78 is 21.5. The predicted molar refractivity (Wildman–Crippen MR) is 107 cm³/mol. The highest BCUT2D eigenvalue weighted by Crippen LogP contribution is 2.39. The number of pyridine rings is 1. The minimum Gasteiger partial charge on any atom is -0.475 e. The lowest BCUT2D eigenvalue weighted by Gasteiger charge is -2.27. The number of nitrogens with zero attached hydrogens (tertiary/aromatic N) is 5. The number of fused-ring (bicyclic) bond motifs is 1. The number of carbonyl (C=O) groups is 1. The molecule has 0 saturated carbocycles. The summed E-state index contributed by atoms with van der Waals surface area (Å²) in [6.45, 7) is 2.71. The number of rotatable bonds is 8. The Morgan fingerprint density at radius 1 is 1.47 bits per heavy atom. The van der Waals surface area contributed by atoms with Crippen LogP contribution in [-0.2, 0) is 4.79 Å². The maximum absolute atomic E-state index is 14.1. The molecule has 2 atom stereocenters. The molecule has 1 aliphatic rings. The van der Waals surface area contributed by atoms with Crippen LogP contribution in [0.2, 0.25) is 0 Å². The van der Waals surface area contributed by atoms with Gasteiger partial charge in [0.1, 0.15) is 24.3 Å². The van der Waals surface area contributed by atoms with Crippen molar-refractivity contribution in [3.8, 4) is 5.88 Å². The Bertz CT molecular complexity index is 1040. The molecular weight excluding hydrogens is 391 g/mol. The first-order valence-electron chi connectivity index (χ1n) is 9.78. The summed E-state index contributed by atoms with van der Waals surface area (Å²) in [7, 11) is 0. The molecule has 1 amide bonds. The maximum Gasteiger partial charge on any atom is 0.218 e. The SMILES string of the molecule is Cc1cnn2ccc(N3CCC[C@@H]3c3cc(F)cnc3OC[C@@H](O)CNC=O)nc12. The molecule has 1 saturated heterocycles. The van der Waals surface area contributed by atoms with Crippen molar-refractivity contribution >= 4 is 17.9 Å². The number of aryl methyl sites for hydroxylation is 1. The first kappa shape index (κ1) is 20.0. The Balaban J connectivity index is 1.60. The van der Waals surface area contributed by atoms with Crippen LogP contribution >= 0.6 is 0 Å². The molecule has 1 aliphatic heterocycles. The third-order valence-corrected chi connectivity index (χ3v) is 5.13. The minimum absolute atomic E-state index is 0.0597. The third kappa shape index (κ3) is 4.04. The summed E-state index contributed by atoms with van der Waals surface area (Å²) in [5.74, 6) is 0.585. The molecule has 3 aromatic heterocycles. The number of carbonyl (C=O) groups excluding carboxylic acids is 1. The lowest BCUT2D eigenvalue weighted by Crippen LogP contribution is -2.31. The molecule has 1 fully saturated rings. The van der Waals surface area contributed by atoms with E-state index in [2.05, 4.69) is 20.3 Å². The highest BCUT2D eigenvalue weighted by molar-refractivity contribution is 5.54. The van der Waals surface area contributed by atoms with Crippen molar-refractivity contribution < 1.29 is 19.0 Å². The van der Waals surface area contributed by atoms with Gasteiger partial charge >= 0.3 is 0 Å². The fourth-order valence-electron chi connectivity index (χ4n) is 3.72. The topological polar surface area (TPSA) is 105 Å². The number of aromatic nitrogens is 4. The fraction of sp³-hybridized carbons (Fsp3) is 0.400. The van der Waals surface area contributed by atoms with Crippen LogP contribution in [0.4, 0.5) is 10.2 Å². The van der Waals surface area contributed by atoms with E-state index in [1.165, 1.54) is 6.07 Å². The van der Waals surface area contributed by atoms with Gasteiger partial charge in [0.15, 0.2) is 5.65 Å². The number of aliphatic hydroxyl groups is 1. The van der Waals surface area contributed by atoms with Crippen LogP contribution in [0.3, 0.4) is 0 Å². The van der Waals surface area contributed by atoms with Crippen molar-refractivity contribution in [3.05, 3.63) is 47.7 Å². The Hall–Kier alpha value is -3.27. The molecule has 0 spiro atoms. The first-order valence-corrected chi connectivity index (χ1v) is 9.78. The Labute approximate surface area is 172 Å². The molecule has 0 aromatic carbocycles. The summed E-state index contributed by atoms with van der Waals surface area (Å²) in [5.41, 5.74) is 2.36. The van der Waals surface area contributed by atoms with Crippen LogP contribution in [0.15, 0.2) is 30.7 Å². The van der Waals surface area contributed by atoms with Gasteiger partial charge in [0, 0.05) is 30.4 Å². The van der Waals surface area contributed by atoms with Gasteiger partial charge in [0.2, 0.25) is 12.3 Å². The van der Waals surface area contributed by atoms with E-state index in [0.29, 0.717) is 12.0 Å². The molecule has 30 heavy (non-hydrogen) atoms. The Morgan fingerprint density at radius 2 is 2.33 bits per heavy atom. The molecule has 0 radical (unpaired) electrons. The van der Waals surface area contributed by atoms with Gasteiger partial charge in [-0.3, -0.25) is 4.79 Å². The van der Waals surface area contributed by atoms with Crippen LogP contribution in [0, 0.1) is 12.7 Å². The van der Waals surface area contributed by atoms with E-state index in [4.69, 9.17) is 9.72 Å². The lowest BCUT2D eigenvalue weighted by atomic mass is 10.1. The van der Waals surface area contributed by atoms with Crippen molar-refractivity contribution in [1.29, 1.82) is 0 Å². The van der Waals surface area contributed by atoms with Crippen LogP contribution in [0.5, 0.6) is 5.88 Å². The van der Waals surface area contributed by atoms with E-state index in [0.717, 1.165) is 42.6 Å². The average Bonchev–Trinajstić information content (AvgIpc) is 3.38. The van der Waals surface area contributed by atoms with Crippen molar-refractivity contribution in [1.82, 2.24) is 24.9 Å². The number of ether oxygens (including phenoxy) is 1. The van der Waals surface area contributed by atoms with E-state index in [-0.39, 0.29) is 25.1 Å². The van der Waals surface area contributed by atoms with Crippen molar-refractivity contribution in [2.24, 2.45) is 0 Å². The molecule has 2 N–H and O–H groups in total. The molecule has 158 valence electrons. The number of amides is 1. The normalized spacial score (nSPS) is 17.3. The average molecular weight is 414 g/mol. The number of aliphatic hydroxyl groups excluding tert-OH is 1. The number of hydrogen-bond acceptors (Lipinski definition) is 7. The van der Waals surface area contributed by atoms with Gasteiger partial charge in [-0.05, 0) is 31.9 Å². The second kappa shape index (κ2) is 8.62. The van der Waals surface area contributed by atoms with Gasteiger partial charge in [-0.2, -0.15) is 5.10 Å². The zero-order valence-corrected chi connectivity index (χ0v) is 16.5. The minimum atomic E-state index is -0.900. The molecule has 3 aromatic rings. The standard InChI is InChI=1S/C20H23FN6O3/c1-13-8-24-27-6-4-18(25-19(13)27)26-5-2-3-17(26)16-7-14(21)9-23-20(16)30-11-15(29)10-22-12-28/h4,6-9,12,15,17,29H,2-3,5,10-11H2,1H3,(H,22,28)/t15-,17+/m0/s1. The Kier molecular flexibility index (Phi) is 5.75. The highest BCUT2D eigenvalue weighted by Gasteiger charge is 2.31. The lowest BCUT2D eigenvalue weighted by molar-refractivity contribution is -0.110. The van der Waals surface area contributed by atoms with E-state index in [9.17, 15) is 14.3 Å². The summed E-state index contributed by atoms with van der Waals surface area (Å²) >= 11 is 0. The molecular formula is C20H23FN6O3. The first-order chi connectivity index (χ1) is 14.6.